The monoisotopic (exact) mass is 505 g/mol. The molecule has 1 aliphatic heterocycles. The van der Waals surface area contributed by atoms with Crippen LogP contribution in [-0.4, -0.2) is 56.4 Å². The Hall–Kier alpha value is -2.81. The molecule has 0 atom stereocenters. The van der Waals surface area contributed by atoms with Crippen LogP contribution in [0.1, 0.15) is 40.2 Å². The first-order valence-corrected chi connectivity index (χ1v) is 11.5. The first kappa shape index (κ1) is 26.8. The van der Waals surface area contributed by atoms with Gasteiger partial charge in [0.1, 0.15) is 5.82 Å². The summed E-state index contributed by atoms with van der Waals surface area (Å²) >= 11 is 0. The van der Waals surface area contributed by atoms with Crippen molar-refractivity contribution < 1.29 is 23.4 Å². The molecule has 3 aromatic rings. The third kappa shape index (κ3) is 5.39. The number of halogens is 2. The number of hydrogen-bond donors (Lipinski definition) is 1. The number of rotatable bonds is 8. The van der Waals surface area contributed by atoms with Crippen LogP contribution in [0.5, 0.6) is 11.5 Å². The van der Waals surface area contributed by atoms with Crippen LogP contribution in [0.3, 0.4) is 0 Å². The molecule has 35 heavy (non-hydrogen) atoms. The van der Waals surface area contributed by atoms with Crippen molar-refractivity contribution in [3.05, 3.63) is 59.0 Å². The number of methoxy groups -OCH3 is 3. The predicted molar refractivity (Wildman–Crippen MR) is 136 cm³/mol. The van der Waals surface area contributed by atoms with E-state index in [1.165, 1.54) is 6.07 Å². The van der Waals surface area contributed by atoms with E-state index in [0.717, 1.165) is 16.5 Å². The van der Waals surface area contributed by atoms with Crippen molar-refractivity contribution in [1.29, 1.82) is 0 Å². The molecule has 0 radical (unpaired) electrons. The van der Waals surface area contributed by atoms with E-state index in [1.54, 1.807) is 27.4 Å². The second-order valence-corrected chi connectivity index (χ2v) is 8.58. The van der Waals surface area contributed by atoms with Crippen LogP contribution in [0.4, 0.5) is 4.39 Å². The Kier molecular flexibility index (Phi) is 8.99. The molecule has 2 aromatic carbocycles. The lowest BCUT2D eigenvalue weighted by molar-refractivity contribution is 0.0714. The number of nitrogens with zero attached hydrogens (tertiary/aromatic N) is 2. The van der Waals surface area contributed by atoms with Crippen molar-refractivity contribution in [3.63, 3.8) is 0 Å². The van der Waals surface area contributed by atoms with Crippen LogP contribution in [0.2, 0.25) is 0 Å². The van der Waals surface area contributed by atoms with Gasteiger partial charge >= 0.3 is 0 Å². The quantitative estimate of drug-likeness (QED) is 0.492. The molecule has 190 valence electrons. The molecular weight excluding hydrogens is 473 g/mol. The number of carbonyl (C=O) groups excluding carboxylic acids is 1. The second kappa shape index (κ2) is 11.7. The highest BCUT2D eigenvalue weighted by Gasteiger charge is 2.28. The van der Waals surface area contributed by atoms with E-state index in [-0.39, 0.29) is 30.0 Å². The van der Waals surface area contributed by atoms with Gasteiger partial charge in [0, 0.05) is 50.9 Å². The summed E-state index contributed by atoms with van der Waals surface area (Å²) in [5.74, 6) is 1.01. The van der Waals surface area contributed by atoms with Gasteiger partial charge in [-0.15, -0.1) is 12.4 Å². The molecule has 0 bridgehead atoms. The van der Waals surface area contributed by atoms with Gasteiger partial charge in [0.15, 0.2) is 11.5 Å². The third-order valence-corrected chi connectivity index (χ3v) is 6.67. The van der Waals surface area contributed by atoms with Gasteiger partial charge in [-0.3, -0.25) is 4.79 Å². The average Bonchev–Trinajstić information content (AvgIpc) is 3.23. The van der Waals surface area contributed by atoms with E-state index in [0.29, 0.717) is 68.3 Å². The molecule has 1 aliphatic rings. The Labute approximate surface area is 211 Å². The number of likely N-dealkylation sites (tertiary alicyclic amines) is 1. The molecule has 0 spiro atoms. The van der Waals surface area contributed by atoms with Gasteiger partial charge in [-0.05, 0) is 42.0 Å². The number of ether oxygens (including phenoxy) is 3. The summed E-state index contributed by atoms with van der Waals surface area (Å²) in [6.45, 7) is 2.63. The first-order valence-electron chi connectivity index (χ1n) is 11.5. The molecule has 1 aromatic heterocycles. The number of nitrogens with two attached hydrogens (primary N) is 1. The molecule has 7 nitrogen and oxygen atoms in total. The summed E-state index contributed by atoms with van der Waals surface area (Å²) in [7, 11) is 4.82. The Balaban J connectivity index is 0.00000342. The summed E-state index contributed by atoms with van der Waals surface area (Å²) in [5.41, 5.74) is 8.85. The standard InChI is InChI=1S/C26H32FN3O4.ClH/c1-32-11-10-30-16-21(20-13-24(33-2)25(34-3)14-23(20)30)26(31)29-8-6-18(7-9-29)19-12-17(15-28)4-5-22(19)27;/h4-5,12-14,16,18H,6-11,15,28H2,1-3H3;1H. The highest BCUT2D eigenvalue weighted by Crippen LogP contribution is 2.36. The molecule has 0 saturated carbocycles. The van der Waals surface area contributed by atoms with Crippen LogP contribution in [0, 0.1) is 5.82 Å². The Bertz CT molecular complexity index is 1180. The van der Waals surface area contributed by atoms with Gasteiger partial charge in [-0.25, -0.2) is 4.39 Å². The summed E-state index contributed by atoms with van der Waals surface area (Å²) in [6.07, 6.45) is 3.29. The fourth-order valence-electron chi connectivity index (χ4n) is 4.76. The zero-order valence-corrected chi connectivity index (χ0v) is 21.2. The lowest BCUT2D eigenvalue weighted by atomic mass is 9.88. The molecule has 4 rings (SSSR count). The van der Waals surface area contributed by atoms with E-state index >= 15 is 0 Å². The Morgan fingerprint density at radius 2 is 1.77 bits per heavy atom. The van der Waals surface area contributed by atoms with Crippen molar-refractivity contribution >= 4 is 29.2 Å². The van der Waals surface area contributed by atoms with Crippen molar-refractivity contribution in [1.82, 2.24) is 9.47 Å². The van der Waals surface area contributed by atoms with Crippen LogP contribution in [0.25, 0.3) is 10.9 Å². The predicted octanol–water partition coefficient (Wildman–Crippen LogP) is 4.34. The molecule has 2 N–H and O–H groups in total. The van der Waals surface area contributed by atoms with E-state index in [1.807, 2.05) is 33.9 Å². The van der Waals surface area contributed by atoms with Gasteiger partial charge in [0.05, 0.1) is 31.9 Å². The van der Waals surface area contributed by atoms with Crippen molar-refractivity contribution in [3.8, 4) is 11.5 Å². The number of fused-ring (bicyclic) bond motifs is 1. The van der Waals surface area contributed by atoms with Crippen LogP contribution in [-0.2, 0) is 17.8 Å². The zero-order valence-electron chi connectivity index (χ0n) is 20.4. The van der Waals surface area contributed by atoms with Gasteiger partial charge in [-0.2, -0.15) is 0 Å². The Morgan fingerprint density at radius 1 is 1.09 bits per heavy atom. The fraction of sp³-hybridized carbons (Fsp3) is 0.423. The smallest absolute Gasteiger partial charge is 0.256 e. The Morgan fingerprint density at radius 3 is 2.40 bits per heavy atom. The van der Waals surface area contributed by atoms with Crippen molar-refractivity contribution in [2.75, 3.05) is 41.0 Å². The maximum atomic E-state index is 14.5. The van der Waals surface area contributed by atoms with Crippen LogP contribution in [0.15, 0.2) is 36.5 Å². The van der Waals surface area contributed by atoms with Crippen LogP contribution < -0.4 is 15.2 Å². The number of carbonyl (C=O) groups is 1. The molecule has 0 unspecified atom stereocenters. The number of amides is 1. The minimum absolute atomic E-state index is 0. The number of hydrogen-bond acceptors (Lipinski definition) is 5. The van der Waals surface area contributed by atoms with E-state index in [9.17, 15) is 9.18 Å². The van der Waals surface area contributed by atoms with Gasteiger partial charge in [-0.1, -0.05) is 12.1 Å². The summed E-state index contributed by atoms with van der Waals surface area (Å²) in [6, 6.07) is 8.82. The molecule has 1 saturated heterocycles. The topological polar surface area (TPSA) is 79.0 Å². The highest BCUT2D eigenvalue weighted by atomic mass is 35.5. The molecule has 1 fully saturated rings. The average molecular weight is 506 g/mol. The second-order valence-electron chi connectivity index (χ2n) is 8.58. The van der Waals surface area contributed by atoms with Gasteiger partial charge in [0.2, 0.25) is 0 Å². The molecule has 1 amide bonds. The van der Waals surface area contributed by atoms with Gasteiger partial charge < -0.3 is 29.4 Å². The maximum Gasteiger partial charge on any atom is 0.256 e. The highest BCUT2D eigenvalue weighted by molar-refractivity contribution is 6.07. The summed E-state index contributed by atoms with van der Waals surface area (Å²) in [5, 5.41) is 0.808. The summed E-state index contributed by atoms with van der Waals surface area (Å²) in [4.78, 5) is 15.4. The van der Waals surface area contributed by atoms with E-state index < -0.39 is 0 Å². The van der Waals surface area contributed by atoms with E-state index in [2.05, 4.69) is 0 Å². The van der Waals surface area contributed by atoms with E-state index in [4.69, 9.17) is 19.9 Å². The van der Waals surface area contributed by atoms with Crippen molar-refractivity contribution in [2.45, 2.75) is 31.8 Å². The largest absolute Gasteiger partial charge is 0.493 e. The fourth-order valence-corrected chi connectivity index (χ4v) is 4.76. The molecular formula is C26H33ClFN3O4. The summed E-state index contributed by atoms with van der Waals surface area (Å²) < 4.78 is 32.7. The minimum Gasteiger partial charge on any atom is -0.493 e. The minimum atomic E-state index is -0.204. The number of benzene rings is 2. The van der Waals surface area contributed by atoms with Crippen LogP contribution >= 0.6 is 12.4 Å². The SMILES string of the molecule is COCCn1cc(C(=O)N2CCC(c3cc(CN)ccc3F)CC2)c2cc(OC)c(OC)cc21.Cl. The molecule has 9 heteroatoms. The maximum absolute atomic E-state index is 14.5. The zero-order chi connectivity index (χ0) is 24.2. The lowest BCUT2D eigenvalue weighted by Gasteiger charge is -2.32. The van der Waals surface area contributed by atoms with Gasteiger partial charge in [0.25, 0.3) is 5.91 Å². The molecule has 2 heterocycles. The third-order valence-electron chi connectivity index (χ3n) is 6.67. The molecule has 0 aliphatic carbocycles. The number of aromatic nitrogens is 1. The lowest BCUT2D eigenvalue weighted by Crippen LogP contribution is -2.38. The van der Waals surface area contributed by atoms with Crippen molar-refractivity contribution in [2.24, 2.45) is 5.73 Å². The first-order chi connectivity index (χ1) is 16.5. The normalized spacial score (nSPS) is 14.1. The number of piperidine rings is 1.